The third kappa shape index (κ3) is 4.39. The zero-order valence-corrected chi connectivity index (χ0v) is 11.9. The second-order valence-electron chi connectivity index (χ2n) is 4.65. The molecular weight excluding hydrogens is 278 g/mol. The van der Waals surface area contributed by atoms with Crippen molar-refractivity contribution in [3.05, 3.63) is 34.3 Å². The van der Waals surface area contributed by atoms with Crippen LogP contribution in [-0.2, 0) is 6.54 Å². The van der Waals surface area contributed by atoms with Gasteiger partial charge in [-0.1, -0.05) is 28.1 Å². The van der Waals surface area contributed by atoms with Crippen molar-refractivity contribution in [1.29, 1.82) is 0 Å². The molecule has 4 heteroatoms. The van der Waals surface area contributed by atoms with Gasteiger partial charge in [0, 0.05) is 37.2 Å². The molecule has 94 valence electrons. The number of nitrogens with one attached hydrogen (secondary N) is 1. The number of benzene rings is 1. The number of hydrogen-bond donors (Lipinski definition) is 1. The van der Waals surface area contributed by atoms with Crippen LogP contribution in [0.3, 0.4) is 0 Å². The quantitative estimate of drug-likeness (QED) is 0.913. The molecule has 1 fully saturated rings. The first kappa shape index (κ1) is 13.0. The smallest absolute Gasteiger partial charge is 0.0507 e. The lowest BCUT2D eigenvalue weighted by atomic mass is 10.2. The van der Waals surface area contributed by atoms with Crippen LogP contribution in [-0.4, -0.2) is 49.7 Å². The molecule has 0 aromatic heterocycles. The van der Waals surface area contributed by atoms with E-state index < -0.39 is 0 Å². The van der Waals surface area contributed by atoms with Gasteiger partial charge in [-0.25, -0.2) is 0 Å². The molecule has 0 unspecified atom stereocenters. The highest BCUT2D eigenvalue weighted by Crippen LogP contribution is 2.13. The van der Waals surface area contributed by atoms with Crippen LogP contribution in [0.2, 0.25) is 0 Å². The van der Waals surface area contributed by atoms with Gasteiger partial charge in [-0.3, -0.25) is 9.80 Å². The van der Waals surface area contributed by atoms with Gasteiger partial charge >= 0.3 is 0 Å². The van der Waals surface area contributed by atoms with Gasteiger partial charge in [0.1, 0.15) is 0 Å². The molecule has 0 atom stereocenters. The van der Waals surface area contributed by atoms with E-state index in [0.29, 0.717) is 0 Å². The van der Waals surface area contributed by atoms with Crippen LogP contribution in [0.25, 0.3) is 0 Å². The molecule has 0 radical (unpaired) electrons. The maximum absolute atomic E-state index is 3.51. The molecule has 17 heavy (non-hydrogen) atoms. The van der Waals surface area contributed by atoms with Crippen molar-refractivity contribution >= 4 is 15.9 Å². The van der Waals surface area contributed by atoms with Crippen LogP contribution in [0.5, 0.6) is 0 Å². The fraction of sp³-hybridized carbons (Fsp3) is 0.538. The van der Waals surface area contributed by atoms with Crippen LogP contribution in [0.1, 0.15) is 5.56 Å². The number of piperazine rings is 1. The fourth-order valence-corrected chi connectivity index (χ4v) is 2.64. The summed E-state index contributed by atoms with van der Waals surface area (Å²) in [5, 5.41) is 3.38. The van der Waals surface area contributed by atoms with E-state index in [2.05, 4.69) is 62.4 Å². The lowest BCUT2D eigenvalue weighted by Crippen LogP contribution is -2.47. The number of rotatable bonds is 4. The lowest BCUT2D eigenvalue weighted by molar-refractivity contribution is 0.135. The predicted molar refractivity (Wildman–Crippen MR) is 74.9 cm³/mol. The van der Waals surface area contributed by atoms with Crippen molar-refractivity contribution in [2.75, 3.05) is 39.9 Å². The monoisotopic (exact) mass is 297 g/mol. The molecule has 1 N–H and O–H groups in total. The van der Waals surface area contributed by atoms with E-state index in [1.165, 1.54) is 5.56 Å². The minimum atomic E-state index is 1.00. The van der Waals surface area contributed by atoms with Crippen LogP contribution in [0.4, 0.5) is 0 Å². The average Bonchev–Trinajstić information content (AvgIpc) is 2.30. The predicted octanol–water partition coefficient (Wildman–Crippen LogP) is 1.74. The van der Waals surface area contributed by atoms with E-state index in [-0.39, 0.29) is 0 Å². The Morgan fingerprint density at radius 1 is 1.35 bits per heavy atom. The van der Waals surface area contributed by atoms with Gasteiger partial charge in [0.2, 0.25) is 0 Å². The first-order valence-corrected chi connectivity index (χ1v) is 6.89. The minimum absolute atomic E-state index is 1.00. The highest BCUT2D eigenvalue weighted by atomic mass is 79.9. The number of hydrogen-bond acceptors (Lipinski definition) is 3. The highest BCUT2D eigenvalue weighted by Gasteiger charge is 2.11. The van der Waals surface area contributed by atoms with E-state index in [1.54, 1.807) is 0 Å². The van der Waals surface area contributed by atoms with Gasteiger partial charge in [0.25, 0.3) is 0 Å². The van der Waals surface area contributed by atoms with Crippen molar-refractivity contribution in [3.8, 4) is 0 Å². The maximum atomic E-state index is 3.51. The summed E-state index contributed by atoms with van der Waals surface area (Å²) in [4.78, 5) is 4.86. The van der Waals surface area contributed by atoms with Crippen LogP contribution >= 0.6 is 15.9 Å². The zero-order chi connectivity index (χ0) is 12.1. The Labute approximate surface area is 112 Å². The molecule has 0 saturated carbocycles. The molecule has 0 spiro atoms. The zero-order valence-electron chi connectivity index (χ0n) is 10.3. The van der Waals surface area contributed by atoms with E-state index >= 15 is 0 Å². The summed E-state index contributed by atoms with van der Waals surface area (Å²) in [6.45, 7) is 6.60. The normalized spacial score (nSPS) is 17.6. The summed E-state index contributed by atoms with van der Waals surface area (Å²) < 4.78 is 1.16. The first-order valence-electron chi connectivity index (χ1n) is 6.10. The third-order valence-corrected chi connectivity index (χ3v) is 3.49. The molecular formula is C13H20BrN3. The van der Waals surface area contributed by atoms with E-state index in [4.69, 9.17) is 0 Å². The summed E-state index contributed by atoms with van der Waals surface area (Å²) in [6, 6.07) is 8.53. The fourth-order valence-electron chi connectivity index (χ4n) is 2.19. The Morgan fingerprint density at radius 2 is 2.12 bits per heavy atom. The molecule has 3 nitrogen and oxygen atoms in total. The summed E-state index contributed by atoms with van der Waals surface area (Å²) in [6.07, 6.45) is 0. The van der Waals surface area contributed by atoms with E-state index in [9.17, 15) is 0 Å². The molecule has 2 rings (SSSR count). The SMILES string of the molecule is CN(Cc1cccc(Br)c1)CN1CCNCC1. The molecule has 1 saturated heterocycles. The molecule has 0 bridgehead atoms. The summed E-state index contributed by atoms with van der Waals surface area (Å²) in [5.74, 6) is 0. The van der Waals surface area contributed by atoms with Crippen LogP contribution in [0.15, 0.2) is 28.7 Å². The Bertz CT molecular complexity index is 350. The Hall–Kier alpha value is -0.420. The van der Waals surface area contributed by atoms with Crippen molar-refractivity contribution in [1.82, 2.24) is 15.1 Å². The van der Waals surface area contributed by atoms with Gasteiger partial charge in [0.15, 0.2) is 0 Å². The highest BCUT2D eigenvalue weighted by molar-refractivity contribution is 9.10. The standard InChI is InChI=1S/C13H20BrN3/c1-16(11-17-7-5-15-6-8-17)10-12-3-2-4-13(14)9-12/h2-4,9,15H,5-8,10-11H2,1H3. The van der Waals surface area contributed by atoms with Crippen molar-refractivity contribution in [2.45, 2.75) is 6.54 Å². The van der Waals surface area contributed by atoms with Gasteiger partial charge in [-0.05, 0) is 24.7 Å². The topological polar surface area (TPSA) is 18.5 Å². The van der Waals surface area contributed by atoms with Crippen molar-refractivity contribution in [3.63, 3.8) is 0 Å². The van der Waals surface area contributed by atoms with Crippen molar-refractivity contribution in [2.24, 2.45) is 0 Å². The largest absolute Gasteiger partial charge is 0.314 e. The number of nitrogens with zero attached hydrogens (tertiary/aromatic N) is 2. The van der Waals surface area contributed by atoms with Crippen LogP contribution < -0.4 is 5.32 Å². The molecule has 0 aliphatic carbocycles. The van der Waals surface area contributed by atoms with Gasteiger partial charge < -0.3 is 5.32 Å². The second-order valence-corrected chi connectivity index (χ2v) is 5.57. The third-order valence-electron chi connectivity index (χ3n) is 2.99. The molecule has 0 amide bonds. The minimum Gasteiger partial charge on any atom is -0.314 e. The molecule has 1 aliphatic heterocycles. The summed E-state index contributed by atoms with van der Waals surface area (Å²) >= 11 is 3.51. The Kier molecular flexibility index (Phi) is 4.98. The molecule has 1 heterocycles. The summed E-state index contributed by atoms with van der Waals surface area (Å²) in [5.41, 5.74) is 1.36. The van der Waals surface area contributed by atoms with Gasteiger partial charge in [-0.2, -0.15) is 0 Å². The maximum Gasteiger partial charge on any atom is 0.0507 e. The van der Waals surface area contributed by atoms with Crippen LogP contribution in [0, 0.1) is 0 Å². The average molecular weight is 298 g/mol. The molecule has 1 aromatic carbocycles. The molecule has 1 aromatic rings. The van der Waals surface area contributed by atoms with E-state index in [0.717, 1.165) is 43.9 Å². The second kappa shape index (κ2) is 6.50. The van der Waals surface area contributed by atoms with E-state index in [1.807, 2.05) is 0 Å². The Balaban J connectivity index is 1.82. The molecule has 1 aliphatic rings. The summed E-state index contributed by atoms with van der Waals surface area (Å²) in [7, 11) is 2.18. The lowest BCUT2D eigenvalue weighted by Gasteiger charge is -2.31. The number of halogens is 1. The van der Waals surface area contributed by atoms with Crippen molar-refractivity contribution < 1.29 is 0 Å². The van der Waals surface area contributed by atoms with Gasteiger partial charge in [0.05, 0.1) is 6.67 Å². The first-order chi connectivity index (χ1) is 8.24. The Morgan fingerprint density at radius 3 is 2.82 bits per heavy atom. The van der Waals surface area contributed by atoms with Gasteiger partial charge in [-0.15, -0.1) is 0 Å².